The first-order valence-electron chi connectivity index (χ1n) is 5.19. The Morgan fingerprint density at radius 3 is 2.94 bits per heavy atom. The maximum Gasteiger partial charge on any atom is 0.153 e. The van der Waals surface area contributed by atoms with Crippen molar-refractivity contribution in [2.75, 3.05) is 6.61 Å². The van der Waals surface area contributed by atoms with Gasteiger partial charge in [-0.05, 0) is 29.6 Å². The second-order valence-electron chi connectivity index (χ2n) is 3.48. The van der Waals surface area contributed by atoms with Gasteiger partial charge in [0.1, 0.15) is 5.75 Å². The van der Waals surface area contributed by atoms with E-state index in [1.165, 1.54) is 4.88 Å². The Balaban J connectivity index is 1.96. The molecule has 0 saturated heterocycles. The predicted octanol–water partition coefficient (Wildman–Crippen LogP) is 3.94. The number of hydrogen-bond donors (Lipinski definition) is 0. The van der Waals surface area contributed by atoms with E-state index in [1.807, 2.05) is 23.6 Å². The Labute approximate surface area is 112 Å². The van der Waals surface area contributed by atoms with Crippen LogP contribution in [0.3, 0.4) is 0 Å². The fourth-order valence-electron chi connectivity index (χ4n) is 1.46. The Morgan fingerprint density at radius 2 is 2.24 bits per heavy atom. The maximum absolute atomic E-state index is 10.9. The molecular formula is C13H11BrO2S. The molecule has 0 fully saturated rings. The van der Waals surface area contributed by atoms with Gasteiger partial charge in [0, 0.05) is 15.8 Å². The highest BCUT2D eigenvalue weighted by Gasteiger charge is 2.03. The summed E-state index contributed by atoms with van der Waals surface area (Å²) in [5.74, 6) is 0.639. The van der Waals surface area contributed by atoms with Gasteiger partial charge < -0.3 is 4.74 Å². The van der Waals surface area contributed by atoms with Gasteiger partial charge >= 0.3 is 0 Å². The van der Waals surface area contributed by atoms with Crippen LogP contribution in [0.25, 0.3) is 0 Å². The molecule has 0 aliphatic heterocycles. The van der Waals surface area contributed by atoms with Crippen LogP contribution in [-0.4, -0.2) is 12.9 Å². The Morgan fingerprint density at radius 1 is 1.35 bits per heavy atom. The zero-order valence-corrected chi connectivity index (χ0v) is 11.5. The molecule has 0 amide bonds. The van der Waals surface area contributed by atoms with E-state index in [-0.39, 0.29) is 0 Å². The van der Waals surface area contributed by atoms with Crippen molar-refractivity contribution in [3.63, 3.8) is 0 Å². The average molecular weight is 311 g/mol. The number of benzene rings is 1. The molecule has 0 aliphatic rings. The standard InChI is InChI=1S/C13H11BrO2S/c14-11-3-4-13(10(8-11)9-15)16-6-5-12-2-1-7-17-12/h1-4,7-9H,5-6H2. The normalized spacial score (nSPS) is 10.2. The first kappa shape index (κ1) is 12.3. The Bertz CT molecular complexity index is 494. The van der Waals surface area contributed by atoms with Crippen molar-refractivity contribution in [1.29, 1.82) is 0 Å². The number of aldehydes is 1. The quantitative estimate of drug-likeness (QED) is 0.782. The SMILES string of the molecule is O=Cc1cc(Br)ccc1OCCc1cccs1. The molecule has 2 rings (SSSR count). The van der Waals surface area contributed by atoms with Crippen molar-refractivity contribution in [2.24, 2.45) is 0 Å². The van der Waals surface area contributed by atoms with E-state index in [2.05, 4.69) is 22.0 Å². The van der Waals surface area contributed by atoms with E-state index >= 15 is 0 Å². The van der Waals surface area contributed by atoms with Crippen LogP contribution in [0.5, 0.6) is 5.75 Å². The third kappa shape index (κ3) is 3.41. The first-order chi connectivity index (χ1) is 8.29. The molecule has 17 heavy (non-hydrogen) atoms. The highest BCUT2D eigenvalue weighted by Crippen LogP contribution is 2.22. The summed E-state index contributed by atoms with van der Waals surface area (Å²) < 4.78 is 6.49. The van der Waals surface area contributed by atoms with Crippen LogP contribution in [-0.2, 0) is 6.42 Å². The molecule has 0 aliphatic carbocycles. The fourth-order valence-corrected chi connectivity index (χ4v) is 2.53. The number of rotatable bonds is 5. The molecule has 88 valence electrons. The fraction of sp³-hybridized carbons (Fsp3) is 0.154. The van der Waals surface area contributed by atoms with E-state index in [1.54, 1.807) is 17.4 Å². The molecule has 0 saturated carbocycles. The monoisotopic (exact) mass is 310 g/mol. The molecule has 2 aromatic rings. The second-order valence-corrected chi connectivity index (χ2v) is 5.43. The van der Waals surface area contributed by atoms with Crippen molar-refractivity contribution >= 4 is 33.6 Å². The lowest BCUT2D eigenvalue weighted by atomic mass is 10.2. The molecule has 0 atom stereocenters. The molecule has 1 aromatic heterocycles. The number of ether oxygens (including phenoxy) is 1. The minimum atomic E-state index is 0.575. The lowest BCUT2D eigenvalue weighted by Crippen LogP contribution is -2.02. The van der Waals surface area contributed by atoms with Gasteiger partial charge in [-0.3, -0.25) is 4.79 Å². The summed E-state index contributed by atoms with van der Waals surface area (Å²) in [7, 11) is 0. The topological polar surface area (TPSA) is 26.3 Å². The van der Waals surface area contributed by atoms with Crippen molar-refractivity contribution in [1.82, 2.24) is 0 Å². The number of halogens is 1. The van der Waals surface area contributed by atoms with Gasteiger partial charge in [0.25, 0.3) is 0 Å². The minimum Gasteiger partial charge on any atom is -0.492 e. The lowest BCUT2D eigenvalue weighted by Gasteiger charge is -2.07. The predicted molar refractivity (Wildman–Crippen MR) is 73.0 cm³/mol. The third-order valence-corrected chi connectivity index (χ3v) is 3.71. The number of carbonyl (C=O) groups excluding carboxylic acids is 1. The molecule has 0 N–H and O–H groups in total. The summed E-state index contributed by atoms with van der Waals surface area (Å²) in [6, 6.07) is 9.54. The van der Waals surface area contributed by atoms with Gasteiger partial charge in [0.2, 0.25) is 0 Å². The molecule has 2 nitrogen and oxygen atoms in total. The first-order valence-corrected chi connectivity index (χ1v) is 6.87. The largest absolute Gasteiger partial charge is 0.492 e. The number of thiophene rings is 1. The number of hydrogen-bond acceptors (Lipinski definition) is 3. The smallest absolute Gasteiger partial charge is 0.153 e. The molecule has 0 spiro atoms. The summed E-state index contributed by atoms with van der Waals surface area (Å²) >= 11 is 5.04. The summed E-state index contributed by atoms with van der Waals surface area (Å²) in [5, 5.41) is 2.05. The second kappa shape index (κ2) is 5.98. The van der Waals surface area contributed by atoms with Gasteiger partial charge in [0.15, 0.2) is 6.29 Å². The summed E-state index contributed by atoms with van der Waals surface area (Å²) in [4.78, 5) is 12.2. The minimum absolute atomic E-state index is 0.575. The summed E-state index contributed by atoms with van der Waals surface area (Å²) in [5.41, 5.74) is 0.575. The van der Waals surface area contributed by atoms with E-state index < -0.39 is 0 Å². The molecule has 1 aromatic carbocycles. The van der Waals surface area contributed by atoms with E-state index in [4.69, 9.17) is 4.74 Å². The Kier molecular flexibility index (Phi) is 4.34. The Hall–Kier alpha value is -1.13. The van der Waals surface area contributed by atoms with E-state index in [0.29, 0.717) is 17.9 Å². The van der Waals surface area contributed by atoms with Gasteiger partial charge in [0.05, 0.1) is 12.2 Å². The highest BCUT2D eigenvalue weighted by molar-refractivity contribution is 9.10. The van der Waals surface area contributed by atoms with Crippen LogP contribution >= 0.6 is 27.3 Å². The summed E-state index contributed by atoms with van der Waals surface area (Å²) in [6.45, 7) is 0.586. The zero-order chi connectivity index (χ0) is 12.1. The number of carbonyl (C=O) groups is 1. The van der Waals surface area contributed by atoms with Crippen molar-refractivity contribution < 1.29 is 9.53 Å². The van der Waals surface area contributed by atoms with Crippen LogP contribution in [0.2, 0.25) is 0 Å². The van der Waals surface area contributed by atoms with Crippen LogP contribution < -0.4 is 4.74 Å². The highest BCUT2D eigenvalue weighted by atomic mass is 79.9. The average Bonchev–Trinajstić information content (AvgIpc) is 2.84. The molecule has 0 bridgehead atoms. The molecule has 4 heteroatoms. The van der Waals surface area contributed by atoms with Crippen molar-refractivity contribution in [3.05, 3.63) is 50.6 Å². The van der Waals surface area contributed by atoms with Crippen LogP contribution in [0.1, 0.15) is 15.2 Å². The van der Waals surface area contributed by atoms with Crippen LogP contribution in [0.15, 0.2) is 40.2 Å². The molecular weight excluding hydrogens is 300 g/mol. The molecule has 0 radical (unpaired) electrons. The molecule has 0 unspecified atom stereocenters. The van der Waals surface area contributed by atoms with Crippen LogP contribution in [0.4, 0.5) is 0 Å². The lowest BCUT2D eigenvalue weighted by molar-refractivity contribution is 0.111. The summed E-state index contributed by atoms with van der Waals surface area (Å²) in [6.07, 6.45) is 1.68. The zero-order valence-electron chi connectivity index (χ0n) is 9.06. The van der Waals surface area contributed by atoms with Gasteiger partial charge in [-0.15, -0.1) is 11.3 Å². The van der Waals surface area contributed by atoms with Crippen molar-refractivity contribution in [2.45, 2.75) is 6.42 Å². The maximum atomic E-state index is 10.9. The van der Waals surface area contributed by atoms with Gasteiger partial charge in [-0.25, -0.2) is 0 Å². The van der Waals surface area contributed by atoms with Gasteiger partial charge in [-0.2, -0.15) is 0 Å². The third-order valence-electron chi connectivity index (χ3n) is 2.28. The van der Waals surface area contributed by atoms with Crippen molar-refractivity contribution in [3.8, 4) is 5.75 Å². The van der Waals surface area contributed by atoms with E-state index in [0.717, 1.165) is 17.2 Å². The molecule has 1 heterocycles. The van der Waals surface area contributed by atoms with Gasteiger partial charge in [-0.1, -0.05) is 22.0 Å². The van der Waals surface area contributed by atoms with Crippen LogP contribution in [0, 0.1) is 0 Å². The van der Waals surface area contributed by atoms with E-state index in [9.17, 15) is 4.79 Å².